The van der Waals surface area contributed by atoms with Gasteiger partial charge in [0.05, 0.1) is 0 Å². The van der Waals surface area contributed by atoms with E-state index < -0.39 is 38.3 Å². The first-order valence-corrected chi connectivity index (χ1v) is 24.1. The van der Waals surface area contributed by atoms with Crippen LogP contribution < -0.4 is 0 Å². The van der Waals surface area contributed by atoms with Gasteiger partial charge in [-0.05, 0) is 0 Å². The molecule has 5 rings (SSSR count). The second-order valence-electron chi connectivity index (χ2n) is 13.2. The molecule has 0 amide bonds. The fraction of sp³-hybridized carbons (Fsp3) is 0.467. The topological polar surface area (TPSA) is 18.5 Å². The Morgan fingerprint density at radius 3 is 1.32 bits per heavy atom. The van der Waals surface area contributed by atoms with Crippen molar-refractivity contribution in [3.63, 3.8) is 0 Å². The zero-order valence-corrected chi connectivity index (χ0v) is 30.0. The van der Waals surface area contributed by atoms with Crippen molar-refractivity contribution in [2.24, 2.45) is 0 Å². The van der Waals surface area contributed by atoms with Gasteiger partial charge < -0.3 is 0 Å². The van der Waals surface area contributed by atoms with Gasteiger partial charge in [0.25, 0.3) is 0 Å². The van der Waals surface area contributed by atoms with Gasteiger partial charge in [-0.2, -0.15) is 0 Å². The van der Waals surface area contributed by atoms with Crippen LogP contribution in [0.1, 0.15) is 71.0 Å². The zero-order valence-electron chi connectivity index (χ0n) is 23.6. The third-order valence-electron chi connectivity index (χ3n) is 8.82. The van der Waals surface area contributed by atoms with E-state index in [0.717, 1.165) is 0 Å². The van der Waals surface area contributed by atoms with E-state index in [1.165, 1.54) is 42.0 Å². The van der Waals surface area contributed by atoms with Crippen LogP contribution >= 0.6 is 24.8 Å². The molecular formula is C30H44Cl2O2Si2Zr. The van der Waals surface area contributed by atoms with Crippen molar-refractivity contribution in [3.8, 4) is 0 Å². The van der Waals surface area contributed by atoms with Crippen molar-refractivity contribution in [1.82, 2.24) is 0 Å². The second kappa shape index (κ2) is 11.1. The van der Waals surface area contributed by atoms with E-state index in [4.69, 9.17) is 8.85 Å². The van der Waals surface area contributed by atoms with Gasteiger partial charge in [0.1, 0.15) is 0 Å². The third-order valence-corrected chi connectivity index (χ3v) is 27.6. The molecular weight excluding hydrogens is 611 g/mol. The molecule has 4 atom stereocenters. The Morgan fingerprint density at radius 1 is 0.649 bits per heavy atom. The molecule has 0 saturated carbocycles. The minimum absolute atomic E-state index is 0. The standard InChI is InChI=1S/2C14H19OSi.C2H4.2ClH.Zr/c2*1-14(2,3)16(4)15-13-9-11-7-5-6-8-12(11)10-13;1-2;;;/h2*5-10,16H,1-4H3;1-2H2;2*1H;. The first-order chi connectivity index (χ1) is 16.4. The monoisotopic (exact) mass is 652 g/mol. The normalized spacial score (nSPS) is 22.8. The van der Waals surface area contributed by atoms with Gasteiger partial charge in [-0.1, -0.05) is 0 Å². The largest absolute Gasteiger partial charge is 0.147 e. The van der Waals surface area contributed by atoms with Gasteiger partial charge in [0.2, 0.25) is 0 Å². The van der Waals surface area contributed by atoms with Crippen LogP contribution in [0.2, 0.25) is 31.4 Å². The summed E-state index contributed by atoms with van der Waals surface area (Å²) in [4.78, 5) is 0. The molecule has 1 fully saturated rings. The summed E-state index contributed by atoms with van der Waals surface area (Å²) in [5, 5.41) is 0.489. The average Bonchev–Trinajstić information content (AvgIpc) is 3.33. The maximum absolute atomic E-state index is 7.02. The van der Waals surface area contributed by atoms with Crippen LogP contribution in [0.5, 0.6) is 0 Å². The Labute approximate surface area is 245 Å². The molecule has 0 bridgehead atoms. The van der Waals surface area contributed by atoms with Crippen LogP contribution in [0.3, 0.4) is 0 Å². The fourth-order valence-electron chi connectivity index (χ4n) is 5.63. The minimum atomic E-state index is -2.80. The van der Waals surface area contributed by atoms with Crippen LogP contribution in [0.25, 0.3) is 12.2 Å². The molecule has 7 heteroatoms. The molecule has 2 aliphatic carbocycles. The molecule has 0 aromatic heterocycles. The van der Waals surface area contributed by atoms with Gasteiger partial charge in [-0.25, -0.2) is 0 Å². The molecule has 37 heavy (non-hydrogen) atoms. The van der Waals surface area contributed by atoms with E-state index in [1.807, 2.05) is 0 Å². The quantitative estimate of drug-likeness (QED) is 0.289. The van der Waals surface area contributed by atoms with Crippen molar-refractivity contribution < 1.29 is 29.1 Å². The number of allylic oxidation sites excluding steroid dienone is 2. The molecule has 2 nitrogen and oxygen atoms in total. The van der Waals surface area contributed by atoms with Gasteiger partial charge >= 0.3 is 222 Å². The van der Waals surface area contributed by atoms with Crippen LogP contribution in [0.4, 0.5) is 0 Å². The molecule has 1 aliphatic heterocycles. The predicted molar refractivity (Wildman–Crippen MR) is 166 cm³/mol. The Hall–Kier alpha value is -0.583. The Kier molecular flexibility index (Phi) is 9.30. The number of rotatable bonds is 6. The number of fused-ring (bicyclic) bond motifs is 2. The smallest absolute Gasteiger partial charge is 0.147 e. The summed E-state index contributed by atoms with van der Waals surface area (Å²) in [6.07, 6.45) is 4.81. The molecule has 202 valence electrons. The molecule has 0 radical (unpaired) electrons. The predicted octanol–water partition coefficient (Wildman–Crippen LogP) is 9.37. The number of halogens is 2. The summed E-state index contributed by atoms with van der Waals surface area (Å²) in [7, 11) is -2.79. The first-order valence-electron chi connectivity index (χ1n) is 13.4. The molecule has 1 heterocycles. The third kappa shape index (κ3) is 5.82. The second-order valence-corrected chi connectivity index (χ2v) is 31.1. The van der Waals surface area contributed by atoms with Gasteiger partial charge in [-0.3, -0.25) is 0 Å². The van der Waals surface area contributed by atoms with Crippen molar-refractivity contribution in [2.45, 2.75) is 80.2 Å². The molecule has 0 spiro atoms. The molecule has 2 aromatic carbocycles. The van der Waals surface area contributed by atoms with Gasteiger partial charge in [0.15, 0.2) is 0 Å². The summed E-state index contributed by atoms with van der Waals surface area (Å²) in [5.41, 5.74) is 5.85. The van der Waals surface area contributed by atoms with Crippen LogP contribution in [-0.4, -0.2) is 18.1 Å². The Bertz CT molecular complexity index is 1110. The van der Waals surface area contributed by atoms with Crippen LogP contribution in [0.15, 0.2) is 60.0 Å². The SMILES string of the molecule is C[SiH](OC1=Cc2ccccc2[CH]1[Zr]1([CH]2C(O[SiH](C)C(C)(C)C)=Cc3ccccc32)[CH2][CH2]1)C(C)(C)C.Cl.Cl. The summed E-state index contributed by atoms with van der Waals surface area (Å²) in [5.74, 6) is 2.61. The van der Waals surface area contributed by atoms with Crippen molar-refractivity contribution >= 4 is 55.0 Å². The van der Waals surface area contributed by atoms with Crippen molar-refractivity contribution in [1.29, 1.82) is 0 Å². The van der Waals surface area contributed by atoms with E-state index in [0.29, 0.717) is 7.25 Å². The van der Waals surface area contributed by atoms with E-state index in [-0.39, 0.29) is 34.9 Å². The van der Waals surface area contributed by atoms with E-state index in [9.17, 15) is 0 Å². The number of benzene rings is 2. The first kappa shape index (κ1) is 31.0. The van der Waals surface area contributed by atoms with E-state index in [1.54, 1.807) is 0 Å². The maximum atomic E-state index is 7.02. The van der Waals surface area contributed by atoms with Gasteiger partial charge in [0, 0.05) is 0 Å². The number of hydrogen-bond donors (Lipinski definition) is 0. The zero-order chi connectivity index (χ0) is 25.2. The van der Waals surface area contributed by atoms with Crippen molar-refractivity contribution in [3.05, 3.63) is 82.3 Å². The molecule has 0 N–H and O–H groups in total. The minimum Gasteiger partial charge on any atom is -0.147 e. The van der Waals surface area contributed by atoms with Crippen LogP contribution in [0, 0.1) is 0 Å². The molecule has 4 unspecified atom stereocenters. The fourth-order valence-corrected chi connectivity index (χ4v) is 24.7. The average molecular weight is 655 g/mol. The Balaban J connectivity index is 0.00000190. The van der Waals surface area contributed by atoms with Crippen LogP contribution in [-0.2, 0) is 29.1 Å². The summed E-state index contributed by atoms with van der Waals surface area (Å²) in [6.45, 7) is 18.8. The molecule has 2 aromatic rings. The summed E-state index contributed by atoms with van der Waals surface area (Å²) in [6, 6.07) is 18.2. The molecule has 3 aliphatic rings. The maximum Gasteiger partial charge on any atom is -0.147 e. The van der Waals surface area contributed by atoms with Gasteiger partial charge in [-0.15, -0.1) is 24.8 Å². The Morgan fingerprint density at radius 2 is 1.00 bits per heavy atom. The number of hydrogen-bond acceptors (Lipinski definition) is 2. The van der Waals surface area contributed by atoms with E-state index in [2.05, 4.69) is 115 Å². The summed E-state index contributed by atoms with van der Waals surface area (Å²) >= 11 is -2.80. The summed E-state index contributed by atoms with van der Waals surface area (Å²) < 4.78 is 17.9. The van der Waals surface area contributed by atoms with E-state index >= 15 is 0 Å². The molecule has 1 saturated heterocycles. The van der Waals surface area contributed by atoms with Crippen molar-refractivity contribution in [2.75, 3.05) is 0 Å².